The van der Waals surface area contributed by atoms with Crippen molar-refractivity contribution >= 4 is 36.8 Å². The Morgan fingerprint density at radius 1 is 0.451 bits per heavy atom. The highest BCUT2D eigenvalue weighted by Gasteiger charge is 2.31. The minimum Gasteiger partial charge on any atom is -0.497 e. The molecule has 0 fully saturated rings. The van der Waals surface area contributed by atoms with Crippen molar-refractivity contribution < 1.29 is 63.6 Å². The summed E-state index contributed by atoms with van der Waals surface area (Å²) in [5.41, 5.74) is 15.5. The van der Waals surface area contributed by atoms with E-state index in [4.69, 9.17) is 40.2 Å². The number of thiophene rings is 1. The van der Waals surface area contributed by atoms with Crippen LogP contribution in [0.4, 0.5) is 30.7 Å². The number of rotatable bonds is 9. The number of aryl methyl sites for hydroxylation is 12. The summed E-state index contributed by atoms with van der Waals surface area (Å²) in [6.45, 7) is 48.3. The van der Waals surface area contributed by atoms with E-state index in [0.29, 0.717) is 5.92 Å². The smallest absolute Gasteiger partial charge is 0.497 e. The molecular formula is C115H137ClF7NO7SSi. The first-order valence-electron chi connectivity index (χ1n) is 43.0. The average molecular weight is 1870 g/mol. The van der Waals surface area contributed by atoms with Crippen molar-refractivity contribution in [2.75, 3.05) is 21.3 Å². The lowest BCUT2D eigenvalue weighted by Gasteiger charge is -2.08. The zero-order chi connectivity index (χ0) is 101. The van der Waals surface area contributed by atoms with Crippen LogP contribution < -0.4 is 23.7 Å². The Labute approximate surface area is 802 Å². The standard InChI is InChI=1S/C13H12O.C9H12O2.C9H10O.C8H7F3O.C8H7F3.C8H7N.C8H10O.C8H14.C7H7Cl.C7H7F.C7H8.C7H12.C6H12Si.C5H6O.C5H6S/c1-11-7-9-13(10-8-11)14-12-5-3-2-4-6-12;1-7-4-5-8(10-2)9(6-7)11-3;1-7-3-5-9(6-4-7)8(2)10;1-6-3-2-4-7(5-6)12-8(9,10)11;1-6-2-4-7(5-3-6)8(9,10)11;1-7-2-4-8(6-9)5-3-7;1-7-3-5-8(9-2)6-4-7;1-4-7-8(5-2)6-3;1-6-3-2-4-7(8)5-6;1-6-2-4-7(8)5-3-6;1-7-5-3-2-4-6-7;2*1-5-6-7(2,3)4;2*1-5-3-2-4-6-5/h2-10H,1H3;4-6H,1-3H3;3-6H,1-2H3;2-5H,1H3;2-5H,1H3;2-5H,1H3;3-6H,1-2H3;8H,5-6H2,1-3H3;2*2-5H,1H3;2-6H,1H3;2*1-4H3;2*2-4H,1H3. The SMILES string of the molecule is CC#CC(C)(C)C.CC#CC(CC)CC.CC#C[Si](C)(C)C.CC(=O)c1ccc(C)cc1.COc1ccc(C)cc1.COc1ccc(C)cc1OC.Cc1ccc(C#N)cc1.Cc1ccc(C(F)(F)F)cc1.Cc1ccc(F)cc1.Cc1ccc(Oc2ccccc2)cc1.Cc1cccc(Cl)c1.Cc1cccc(OC(F)(F)F)c1.Cc1ccccc1.Cc1ccco1.Cc1cccs1. The molecule has 0 N–H and O–H groups in total. The van der Waals surface area contributed by atoms with Gasteiger partial charge < -0.3 is 28.1 Å². The van der Waals surface area contributed by atoms with Gasteiger partial charge in [0.05, 0.1) is 44.8 Å². The summed E-state index contributed by atoms with van der Waals surface area (Å²) in [5, 5.41) is 11.3. The van der Waals surface area contributed by atoms with E-state index in [1.54, 1.807) is 77.9 Å². The Kier molecular flexibility index (Phi) is 65.3. The number of ketones is 1. The summed E-state index contributed by atoms with van der Waals surface area (Å²) >= 11 is 7.42. The molecule has 0 saturated heterocycles. The largest absolute Gasteiger partial charge is 0.573 e. The van der Waals surface area contributed by atoms with Gasteiger partial charge in [-0.15, -0.1) is 53.7 Å². The molecule has 0 aliphatic heterocycles. The summed E-state index contributed by atoms with van der Waals surface area (Å²) in [6.07, 6.45) is -4.77. The van der Waals surface area contributed by atoms with E-state index in [0.717, 1.165) is 79.5 Å². The third kappa shape index (κ3) is 70.7. The van der Waals surface area contributed by atoms with Gasteiger partial charge in [0.2, 0.25) is 0 Å². The summed E-state index contributed by atoms with van der Waals surface area (Å²) in [6, 6.07) is 91.9. The highest BCUT2D eigenvalue weighted by atomic mass is 35.5. The molecule has 0 saturated carbocycles. The third-order valence-electron chi connectivity index (χ3n) is 16.6. The maximum Gasteiger partial charge on any atom is 0.573 e. The number of ether oxygens (including phenoxy) is 5. The van der Waals surface area contributed by atoms with E-state index < -0.39 is 26.2 Å². The van der Waals surface area contributed by atoms with Crippen LogP contribution in [0.5, 0.6) is 34.5 Å². The summed E-state index contributed by atoms with van der Waals surface area (Å²) in [7, 11) is 3.92. The lowest BCUT2D eigenvalue weighted by molar-refractivity contribution is -0.274. The van der Waals surface area contributed by atoms with Crippen LogP contribution in [-0.4, -0.2) is 41.5 Å². The lowest BCUT2D eigenvalue weighted by Crippen LogP contribution is -2.17. The molecule has 2 aromatic heterocycles. The predicted molar refractivity (Wildman–Crippen MR) is 549 cm³/mol. The molecule has 8 nitrogen and oxygen atoms in total. The van der Waals surface area contributed by atoms with Gasteiger partial charge in [-0.05, 0) is 294 Å². The maximum absolute atomic E-state index is 12.1. The average Bonchev–Trinajstić information content (AvgIpc) is 1.09. The molecule has 0 aliphatic carbocycles. The summed E-state index contributed by atoms with van der Waals surface area (Å²) in [5.74, 6) is 20.5. The number of para-hydroxylation sites is 1. The van der Waals surface area contributed by atoms with Crippen molar-refractivity contribution in [1.29, 1.82) is 5.26 Å². The van der Waals surface area contributed by atoms with Gasteiger partial charge in [-0.1, -0.05) is 260 Å². The van der Waals surface area contributed by atoms with E-state index in [2.05, 4.69) is 158 Å². The molecule has 0 radical (unpaired) electrons. The topological polar surface area (TPSA) is 100 Å². The number of nitriles is 1. The highest BCUT2D eigenvalue weighted by Crippen LogP contribution is 2.30. The van der Waals surface area contributed by atoms with Gasteiger partial charge in [0.25, 0.3) is 0 Å². The molecule has 0 spiro atoms. The van der Waals surface area contributed by atoms with E-state index in [1.165, 1.54) is 99.1 Å². The Morgan fingerprint density at radius 3 is 1.17 bits per heavy atom. The van der Waals surface area contributed by atoms with Crippen molar-refractivity contribution in [3.05, 3.63) is 403 Å². The Balaban J connectivity index is 0. The normalized spacial score (nSPS) is 9.59. The van der Waals surface area contributed by atoms with Crippen LogP contribution in [0.25, 0.3) is 0 Å². The number of hydrogen-bond donors (Lipinski definition) is 0. The van der Waals surface area contributed by atoms with Gasteiger partial charge in [-0.25, -0.2) is 4.39 Å². The second-order valence-corrected chi connectivity index (χ2v) is 37.9. The molecule has 2 heterocycles. The van der Waals surface area contributed by atoms with Crippen LogP contribution in [0.15, 0.2) is 313 Å². The van der Waals surface area contributed by atoms with Crippen LogP contribution >= 0.6 is 22.9 Å². The number of carbonyl (C=O) groups is 1. The van der Waals surface area contributed by atoms with Crippen LogP contribution in [0.1, 0.15) is 163 Å². The van der Waals surface area contributed by atoms with Gasteiger partial charge in [0.1, 0.15) is 42.6 Å². The molecule has 18 heteroatoms. The first kappa shape index (κ1) is 122. The van der Waals surface area contributed by atoms with Crippen LogP contribution in [0, 0.1) is 147 Å². The van der Waals surface area contributed by atoms with E-state index in [1.807, 2.05) is 263 Å². The van der Waals surface area contributed by atoms with Crippen LogP contribution in [0.2, 0.25) is 24.7 Å². The van der Waals surface area contributed by atoms with Crippen molar-refractivity contribution in [3.8, 4) is 75.7 Å². The molecule has 0 aliphatic rings. The van der Waals surface area contributed by atoms with Crippen LogP contribution in [-0.2, 0) is 6.18 Å². The van der Waals surface area contributed by atoms with E-state index >= 15 is 0 Å². The molecule has 11 aromatic carbocycles. The Morgan fingerprint density at radius 2 is 0.872 bits per heavy atom. The minimum atomic E-state index is -4.60. The first-order chi connectivity index (χ1) is 62.7. The second kappa shape index (κ2) is 71.0. The highest BCUT2D eigenvalue weighted by molar-refractivity contribution is 7.09. The molecule has 0 atom stereocenters. The fourth-order valence-corrected chi connectivity index (χ4v) is 11.2. The van der Waals surface area contributed by atoms with Gasteiger partial charge in [-0.2, -0.15) is 18.4 Å². The van der Waals surface area contributed by atoms with Crippen molar-refractivity contribution in [1.82, 2.24) is 0 Å². The van der Waals surface area contributed by atoms with Gasteiger partial charge in [0.15, 0.2) is 17.3 Å². The number of furan rings is 1. The second-order valence-electron chi connectivity index (χ2n) is 31.6. The predicted octanol–water partition coefficient (Wildman–Crippen LogP) is 34.6. The number of alkyl halides is 6. The van der Waals surface area contributed by atoms with Crippen molar-refractivity contribution in [2.24, 2.45) is 11.3 Å². The minimum absolute atomic E-state index is 0.125. The molecule has 13 aromatic rings. The molecule has 0 amide bonds. The maximum atomic E-state index is 12.1. The quantitative estimate of drug-likeness (QED) is 0.0610. The molecule has 0 bridgehead atoms. The molecular weight excluding hydrogens is 1740 g/mol. The number of carbonyl (C=O) groups excluding carboxylic acids is 1. The Bertz CT molecular complexity index is 5300. The molecule has 710 valence electrons. The lowest BCUT2D eigenvalue weighted by atomic mass is 9.98. The van der Waals surface area contributed by atoms with Crippen LogP contribution in [0.3, 0.4) is 0 Å². The number of hydrogen-bond acceptors (Lipinski definition) is 9. The van der Waals surface area contributed by atoms with Gasteiger partial charge in [-0.3, -0.25) is 4.79 Å². The number of halogens is 8. The monoisotopic (exact) mass is 1870 g/mol. The first-order valence-corrected chi connectivity index (χ1v) is 47.8. The van der Waals surface area contributed by atoms with Gasteiger partial charge in [0, 0.05) is 26.8 Å². The number of benzene rings is 11. The number of nitrogens with zero attached hydrogens (tertiary/aromatic N) is 1. The fraction of sp³-hybridized carbons (Fsp3) is 0.287. The van der Waals surface area contributed by atoms with Crippen molar-refractivity contribution in [2.45, 2.75) is 190 Å². The Hall–Kier alpha value is -12.7. The zero-order valence-electron chi connectivity index (χ0n) is 82.7. The van der Waals surface area contributed by atoms with E-state index in [-0.39, 0.29) is 22.8 Å². The summed E-state index contributed by atoms with van der Waals surface area (Å²) < 4.78 is 112. The summed E-state index contributed by atoms with van der Waals surface area (Å²) in [4.78, 5) is 12.1. The number of Topliss-reactive ketones (excluding diaryl/α,β-unsaturated/α-hetero) is 1. The van der Waals surface area contributed by atoms with E-state index in [9.17, 15) is 35.5 Å². The molecule has 133 heavy (non-hydrogen) atoms. The fourth-order valence-electron chi connectivity index (χ4n) is 9.66. The zero-order valence-corrected chi connectivity index (χ0v) is 85.2. The number of methoxy groups -OCH3 is 3. The molecule has 0 unspecified atom stereocenters. The third-order valence-corrected chi connectivity index (χ3v) is 18.7. The molecule has 13 rings (SSSR count). The van der Waals surface area contributed by atoms with Crippen molar-refractivity contribution in [3.63, 3.8) is 0 Å². The van der Waals surface area contributed by atoms with Gasteiger partial charge >= 0.3 is 12.5 Å².